The smallest absolute Gasteiger partial charge is 0.0450 e. The molecule has 0 N–H and O–H groups in total. The highest BCUT2D eigenvalue weighted by atomic mass is 15.2. The zero-order chi connectivity index (χ0) is 13.5. The predicted octanol–water partition coefficient (Wildman–Crippen LogP) is 3.63. The van der Waals surface area contributed by atoms with Crippen LogP contribution in [0.1, 0.15) is 17.9 Å². The van der Waals surface area contributed by atoms with Crippen LogP contribution in [0.25, 0.3) is 0 Å². The van der Waals surface area contributed by atoms with Gasteiger partial charge in [-0.3, -0.25) is 0 Å². The highest BCUT2D eigenvalue weighted by molar-refractivity contribution is 5.72. The van der Waals surface area contributed by atoms with E-state index in [1.807, 2.05) is 0 Å². The molecule has 20 heavy (non-hydrogen) atoms. The molecule has 2 heteroatoms. The molecule has 2 aliphatic rings. The molecule has 0 radical (unpaired) electrons. The Bertz CT molecular complexity index is 608. The zero-order valence-electron chi connectivity index (χ0n) is 11.9. The Balaban J connectivity index is 1.83. The second kappa shape index (κ2) is 4.64. The first kappa shape index (κ1) is 12.0. The summed E-state index contributed by atoms with van der Waals surface area (Å²) in [5.74, 6) is 0.644. The van der Waals surface area contributed by atoms with Crippen molar-refractivity contribution < 1.29 is 0 Å². The van der Waals surface area contributed by atoms with Gasteiger partial charge in [0, 0.05) is 29.9 Å². The number of rotatable bonds is 1. The van der Waals surface area contributed by atoms with Crippen LogP contribution in [-0.4, -0.2) is 31.1 Å². The number of fused-ring (bicyclic) bond motifs is 3. The molecule has 2 aromatic carbocycles. The Hall–Kier alpha value is -1.80. The topological polar surface area (TPSA) is 6.48 Å². The molecule has 2 aliphatic heterocycles. The number of likely N-dealkylation sites (tertiary alicyclic amines) is 1. The Labute approximate surface area is 120 Å². The number of likely N-dealkylation sites (N-methyl/N-ethyl adjacent to an activating group) is 1. The van der Waals surface area contributed by atoms with Gasteiger partial charge in [-0.1, -0.05) is 36.4 Å². The van der Waals surface area contributed by atoms with Crippen molar-refractivity contribution >= 4 is 11.4 Å². The van der Waals surface area contributed by atoms with Crippen molar-refractivity contribution in [1.82, 2.24) is 4.90 Å². The molecule has 0 aromatic heterocycles. The van der Waals surface area contributed by atoms with Crippen LogP contribution < -0.4 is 4.90 Å². The normalized spacial score (nSPS) is 25.4. The third-order valence-corrected chi connectivity index (χ3v) is 4.74. The molecule has 0 unspecified atom stereocenters. The zero-order valence-corrected chi connectivity index (χ0v) is 11.9. The Morgan fingerprint density at radius 2 is 1.70 bits per heavy atom. The van der Waals surface area contributed by atoms with Gasteiger partial charge in [0.2, 0.25) is 0 Å². The second-order valence-electron chi connectivity index (χ2n) is 5.99. The molecule has 0 amide bonds. The van der Waals surface area contributed by atoms with E-state index in [4.69, 9.17) is 0 Å². The molecule has 2 aromatic rings. The van der Waals surface area contributed by atoms with E-state index in [2.05, 4.69) is 71.4 Å². The lowest BCUT2D eigenvalue weighted by Gasteiger charge is -2.37. The van der Waals surface area contributed by atoms with Gasteiger partial charge in [0.15, 0.2) is 0 Å². The fourth-order valence-corrected chi connectivity index (χ4v) is 3.84. The van der Waals surface area contributed by atoms with Crippen LogP contribution in [0.4, 0.5) is 11.4 Å². The van der Waals surface area contributed by atoms with Gasteiger partial charge < -0.3 is 9.80 Å². The van der Waals surface area contributed by atoms with Crippen LogP contribution >= 0.6 is 0 Å². The number of piperidine rings is 1. The summed E-state index contributed by atoms with van der Waals surface area (Å²) in [4.78, 5) is 5.03. The van der Waals surface area contributed by atoms with E-state index in [1.165, 1.54) is 36.4 Å². The monoisotopic (exact) mass is 264 g/mol. The Kier molecular flexibility index (Phi) is 2.78. The number of hydrogen-bond acceptors (Lipinski definition) is 2. The maximum atomic E-state index is 2.56. The Morgan fingerprint density at radius 3 is 2.55 bits per heavy atom. The maximum Gasteiger partial charge on any atom is 0.0450 e. The Morgan fingerprint density at radius 1 is 0.950 bits per heavy atom. The van der Waals surface area contributed by atoms with Crippen molar-refractivity contribution in [2.45, 2.75) is 18.4 Å². The largest absolute Gasteiger partial charge is 0.337 e. The summed E-state index contributed by atoms with van der Waals surface area (Å²) in [6, 6.07) is 20.4. The van der Waals surface area contributed by atoms with E-state index < -0.39 is 0 Å². The molecule has 0 bridgehead atoms. The number of nitrogens with zero attached hydrogens (tertiary/aromatic N) is 2. The van der Waals surface area contributed by atoms with Crippen molar-refractivity contribution in [2.24, 2.45) is 0 Å². The van der Waals surface area contributed by atoms with Crippen LogP contribution in [0, 0.1) is 0 Å². The van der Waals surface area contributed by atoms with Crippen LogP contribution in [0.15, 0.2) is 54.6 Å². The van der Waals surface area contributed by atoms with Gasteiger partial charge in [-0.15, -0.1) is 0 Å². The number of anilines is 2. The van der Waals surface area contributed by atoms with Crippen LogP contribution in [0.5, 0.6) is 0 Å². The van der Waals surface area contributed by atoms with E-state index in [9.17, 15) is 0 Å². The molecule has 2 atom stereocenters. The first-order chi connectivity index (χ1) is 9.84. The second-order valence-corrected chi connectivity index (χ2v) is 5.99. The summed E-state index contributed by atoms with van der Waals surface area (Å²) in [5.41, 5.74) is 4.26. The lowest BCUT2D eigenvalue weighted by Crippen LogP contribution is -2.43. The fourth-order valence-electron chi connectivity index (χ4n) is 3.84. The first-order valence-corrected chi connectivity index (χ1v) is 7.46. The molecule has 1 fully saturated rings. The van der Waals surface area contributed by atoms with E-state index in [-0.39, 0.29) is 0 Å². The van der Waals surface area contributed by atoms with Gasteiger partial charge in [-0.25, -0.2) is 0 Å². The third-order valence-electron chi connectivity index (χ3n) is 4.74. The molecular weight excluding hydrogens is 244 g/mol. The van der Waals surface area contributed by atoms with Crippen LogP contribution in [0.2, 0.25) is 0 Å². The number of hydrogen-bond donors (Lipinski definition) is 0. The van der Waals surface area contributed by atoms with Crippen molar-refractivity contribution in [3.05, 3.63) is 60.2 Å². The summed E-state index contributed by atoms with van der Waals surface area (Å²) in [5, 5.41) is 0. The molecule has 0 saturated carbocycles. The summed E-state index contributed by atoms with van der Waals surface area (Å²) < 4.78 is 0. The minimum atomic E-state index is 0.617. The molecule has 4 rings (SSSR count). The number of benzene rings is 2. The van der Waals surface area contributed by atoms with Crippen molar-refractivity contribution in [2.75, 3.05) is 25.0 Å². The first-order valence-electron chi connectivity index (χ1n) is 7.46. The van der Waals surface area contributed by atoms with Gasteiger partial charge in [0.25, 0.3) is 0 Å². The molecule has 0 spiro atoms. The molecule has 2 nitrogen and oxygen atoms in total. The van der Waals surface area contributed by atoms with Gasteiger partial charge >= 0.3 is 0 Å². The van der Waals surface area contributed by atoms with Crippen LogP contribution in [0.3, 0.4) is 0 Å². The van der Waals surface area contributed by atoms with E-state index >= 15 is 0 Å². The summed E-state index contributed by atoms with van der Waals surface area (Å²) in [6.45, 7) is 2.36. The standard InChI is InChI=1S/C18H20N2/c1-19-12-11-18-16(13-19)15-9-5-6-10-17(15)20(18)14-7-3-2-4-8-14/h2-10,16,18H,11-13H2,1H3/t16-,18+/m1/s1. The van der Waals surface area contributed by atoms with E-state index in [0.717, 1.165) is 0 Å². The molecule has 2 heterocycles. The van der Waals surface area contributed by atoms with Gasteiger partial charge in [-0.05, 0) is 43.8 Å². The van der Waals surface area contributed by atoms with Crippen molar-refractivity contribution in [3.63, 3.8) is 0 Å². The fraction of sp³-hybridized carbons (Fsp3) is 0.333. The predicted molar refractivity (Wildman–Crippen MR) is 83.7 cm³/mol. The average molecular weight is 264 g/mol. The molecule has 0 aliphatic carbocycles. The molecule has 102 valence electrons. The minimum absolute atomic E-state index is 0.617. The summed E-state index contributed by atoms with van der Waals surface area (Å²) in [6.07, 6.45) is 1.24. The summed E-state index contributed by atoms with van der Waals surface area (Å²) >= 11 is 0. The van der Waals surface area contributed by atoms with E-state index in [0.29, 0.717) is 12.0 Å². The minimum Gasteiger partial charge on any atom is -0.337 e. The third kappa shape index (κ3) is 1.75. The lowest BCUT2D eigenvalue weighted by molar-refractivity contribution is 0.236. The maximum absolute atomic E-state index is 2.56. The van der Waals surface area contributed by atoms with Gasteiger partial charge in [0.1, 0.15) is 0 Å². The quantitative estimate of drug-likeness (QED) is 0.776. The van der Waals surface area contributed by atoms with E-state index in [1.54, 1.807) is 0 Å². The van der Waals surface area contributed by atoms with Gasteiger partial charge in [0.05, 0.1) is 0 Å². The highest BCUT2D eigenvalue weighted by Gasteiger charge is 2.41. The highest BCUT2D eigenvalue weighted by Crippen LogP contribution is 2.47. The average Bonchev–Trinajstić information content (AvgIpc) is 2.82. The number of para-hydroxylation sites is 2. The molecular formula is C18H20N2. The summed E-state index contributed by atoms with van der Waals surface area (Å²) in [7, 11) is 2.24. The lowest BCUT2D eigenvalue weighted by atomic mass is 9.89. The van der Waals surface area contributed by atoms with Crippen molar-refractivity contribution in [1.29, 1.82) is 0 Å². The van der Waals surface area contributed by atoms with Crippen molar-refractivity contribution in [3.8, 4) is 0 Å². The van der Waals surface area contributed by atoms with Gasteiger partial charge in [-0.2, -0.15) is 0 Å². The molecule has 1 saturated heterocycles. The SMILES string of the molecule is CN1CC[C@H]2[C@H](C1)c1ccccc1N2c1ccccc1. The van der Waals surface area contributed by atoms with Crippen LogP contribution in [-0.2, 0) is 0 Å².